The third kappa shape index (κ3) is 2.27. The Bertz CT molecular complexity index is 599. The van der Waals surface area contributed by atoms with Gasteiger partial charge in [-0.15, -0.1) is 11.3 Å². The Morgan fingerprint density at radius 1 is 1.39 bits per heavy atom. The molecule has 1 unspecified atom stereocenters. The molecule has 0 amide bonds. The maximum Gasteiger partial charge on any atom is 0.127 e. The van der Waals surface area contributed by atoms with Gasteiger partial charge in [0.1, 0.15) is 5.75 Å². The summed E-state index contributed by atoms with van der Waals surface area (Å²) < 4.78 is 6.93. The minimum Gasteiger partial charge on any atom is -0.493 e. The molecule has 1 aliphatic heterocycles. The number of fused-ring (bicyclic) bond motifs is 1. The van der Waals surface area contributed by atoms with Gasteiger partial charge in [-0.3, -0.25) is 0 Å². The summed E-state index contributed by atoms with van der Waals surface area (Å²) in [5.74, 6) is 0.924. The zero-order chi connectivity index (χ0) is 12.7. The Hall–Kier alpha value is -0.300. The van der Waals surface area contributed by atoms with Crippen molar-refractivity contribution in [3.05, 3.63) is 48.2 Å². The number of hydrogen-bond donors (Lipinski definition) is 1. The monoisotopic (exact) mass is 391 g/mol. The van der Waals surface area contributed by atoms with Crippen LogP contribution < -0.4 is 10.5 Å². The molecule has 2 heterocycles. The van der Waals surface area contributed by atoms with E-state index in [2.05, 4.69) is 34.0 Å². The molecule has 1 aromatic carbocycles. The minimum atomic E-state index is -0.171. The smallest absolute Gasteiger partial charge is 0.127 e. The first-order valence-corrected chi connectivity index (χ1v) is 7.93. The lowest BCUT2D eigenvalue weighted by Gasteiger charge is -2.15. The Morgan fingerprint density at radius 2 is 2.22 bits per heavy atom. The highest BCUT2D eigenvalue weighted by Crippen LogP contribution is 2.38. The summed E-state index contributed by atoms with van der Waals surface area (Å²) in [6.45, 7) is 0.719. The van der Waals surface area contributed by atoms with Crippen LogP contribution in [-0.4, -0.2) is 6.61 Å². The first kappa shape index (κ1) is 12.7. The molecule has 2 nitrogen and oxygen atoms in total. The van der Waals surface area contributed by atoms with Crippen molar-refractivity contribution in [3.63, 3.8) is 0 Å². The lowest BCUT2D eigenvalue weighted by atomic mass is 9.98. The van der Waals surface area contributed by atoms with Crippen LogP contribution in [0.2, 0.25) is 5.02 Å². The van der Waals surface area contributed by atoms with Crippen molar-refractivity contribution < 1.29 is 4.74 Å². The van der Waals surface area contributed by atoms with Crippen molar-refractivity contribution >= 4 is 45.5 Å². The molecule has 0 spiro atoms. The van der Waals surface area contributed by atoms with Crippen LogP contribution in [0, 0.1) is 2.88 Å². The Morgan fingerprint density at radius 3 is 2.94 bits per heavy atom. The molecule has 0 saturated carbocycles. The van der Waals surface area contributed by atoms with E-state index in [1.165, 1.54) is 2.88 Å². The van der Waals surface area contributed by atoms with Gasteiger partial charge in [-0.05, 0) is 57.3 Å². The van der Waals surface area contributed by atoms with Gasteiger partial charge >= 0.3 is 0 Å². The van der Waals surface area contributed by atoms with Gasteiger partial charge < -0.3 is 10.5 Å². The molecule has 2 N–H and O–H groups in total. The SMILES string of the molecule is NC(c1csc(I)c1)c1cc(Cl)cc2c1OCC2. The summed E-state index contributed by atoms with van der Waals surface area (Å²) in [5, 5.41) is 2.82. The zero-order valence-corrected chi connectivity index (χ0v) is 13.2. The van der Waals surface area contributed by atoms with Crippen molar-refractivity contribution in [3.8, 4) is 5.75 Å². The van der Waals surface area contributed by atoms with E-state index in [1.807, 2.05) is 12.1 Å². The van der Waals surface area contributed by atoms with Crippen LogP contribution in [-0.2, 0) is 6.42 Å². The number of ether oxygens (including phenoxy) is 1. The van der Waals surface area contributed by atoms with Crippen molar-refractivity contribution in [1.82, 2.24) is 0 Å². The average molecular weight is 392 g/mol. The molecule has 0 radical (unpaired) electrons. The minimum absolute atomic E-state index is 0.171. The normalized spacial score (nSPS) is 15.3. The number of thiophene rings is 1. The molecule has 3 rings (SSSR count). The fraction of sp³-hybridized carbons (Fsp3) is 0.231. The van der Waals surface area contributed by atoms with Crippen molar-refractivity contribution in [1.29, 1.82) is 0 Å². The van der Waals surface area contributed by atoms with Gasteiger partial charge in [0.25, 0.3) is 0 Å². The molecule has 0 bridgehead atoms. The fourth-order valence-corrected chi connectivity index (χ4v) is 3.85. The lowest BCUT2D eigenvalue weighted by molar-refractivity contribution is 0.352. The van der Waals surface area contributed by atoms with E-state index in [-0.39, 0.29) is 6.04 Å². The Kier molecular flexibility index (Phi) is 3.53. The van der Waals surface area contributed by atoms with Gasteiger partial charge in [0.2, 0.25) is 0 Å². The highest BCUT2D eigenvalue weighted by Gasteiger charge is 2.22. The van der Waals surface area contributed by atoms with Gasteiger partial charge in [-0.2, -0.15) is 0 Å². The second-order valence-electron chi connectivity index (χ2n) is 4.24. The first-order chi connectivity index (χ1) is 8.65. The summed E-state index contributed by atoms with van der Waals surface area (Å²) in [5.41, 5.74) is 9.61. The summed E-state index contributed by atoms with van der Waals surface area (Å²) >= 11 is 10.2. The van der Waals surface area contributed by atoms with Crippen molar-refractivity contribution in [2.24, 2.45) is 5.73 Å². The van der Waals surface area contributed by atoms with Crippen LogP contribution in [0.25, 0.3) is 0 Å². The van der Waals surface area contributed by atoms with E-state index in [9.17, 15) is 0 Å². The Balaban J connectivity index is 2.06. The third-order valence-electron chi connectivity index (χ3n) is 3.06. The zero-order valence-electron chi connectivity index (χ0n) is 9.45. The molecule has 18 heavy (non-hydrogen) atoms. The molecule has 2 aromatic rings. The van der Waals surface area contributed by atoms with Crippen molar-refractivity contribution in [2.45, 2.75) is 12.5 Å². The highest BCUT2D eigenvalue weighted by molar-refractivity contribution is 14.1. The van der Waals surface area contributed by atoms with Gasteiger partial charge in [-0.25, -0.2) is 0 Å². The predicted octanol–water partition coefficient (Wildman–Crippen LogP) is 3.99. The largest absolute Gasteiger partial charge is 0.493 e. The van der Waals surface area contributed by atoms with E-state index < -0.39 is 0 Å². The van der Waals surface area contributed by atoms with Crippen molar-refractivity contribution in [2.75, 3.05) is 6.61 Å². The van der Waals surface area contributed by atoms with Crippen LogP contribution in [0.5, 0.6) is 5.75 Å². The second-order valence-corrected chi connectivity index (χ2v) is 7.49. The number of nitrogens with two attached hydrogens (primary N) is 1. The molecular weight excluding hydrogens is 381 g/mol. The molecule has 0 saturated heterocycles. The molecule has 1 atom stereocenters. The maximum absolute atomic E-state index is 6.34. The quantitative estimate of drug-likeness (QED) is 0.786. The number of rotatable bonds is 2. The van der Waals surface area contributed by atoms with E-state index >= 15 is 0 Å². The number of hydrogen-bond acceptors (Lipinski definition) is 3. The van der Waals surface area contributed by atoms with Gasteiger partial charge in [0.15, 0.2) is 0 Å². The summed E-state index contributed by atoms with van der Waals surface area (Å²) in [6.07, 6.45) is 0.913. The predicted molar refractivity (Wildman–Crippen MR) is 83.7 cm³/mol. The van der Waals surface area contributed by atoms with E-state index in [4.69, 9.17) is 22.1 Å². The molecular formula is C13H11ClINOS. The van der Waals surface area contributed by atoms with Gasteiger partial charge in [0.05, 0.1) is 15.5 Å². The maximum atomic E-state index is 6.34. The third-order valence-corrected chi connectivity index (χ3v) is 5.08. The first-order valence-electron chi connectivity index (χ1n) is 5.60. The van der Waals surface area contributed by atoms with Crippen LogP contribution in [0.15, 0.2) is 23.6 Å². The van der Waals surface area contributed by atoms with Crippen LogP contribution in [0.1, 0.15) is 22.7 Å². The number of benzene rings is 1. The lowest BCUT2D eigenvalue weighted by Crippen LogP contribution is -2.12. The van der Waals surface area contributed by atoms with Gasteiger partial charge in [0, 0.05) is 17.0 Å². The van der Waals surface area contributed by atoms with Crippen LogP contribution in [0.3, 0.4) is 0 Å². The summed E-state index contributed by atoms with van der Waals surface area (Å²) in [4.78, 5) is 0. The molecule has 1 aromatic heterocycles. The average Bonchev–Trinajstić information content (AvgIpc) is 2.95. The molecule has 1 aliphatic rings. The second kappa shape index (κ2) is 5.00. The molecule has 0 fully saturated rings. The topological polar surface area (TPSA) is 35.2 Å². The van der Waals surface area contributed by atoms with E-state index in [1.54, 1.807) is 11.3 Å². The summed E-state index contributed by atoms with van der Waals surface area (Å²) in [6, 6.07) is 5.83. The Labute approximate surface area is 128 Å². The summed E-state index contributed by atoms with van der Waals surface area (Å²) in [7, 11) is 0. The molecule has 94 valence electrons. The van der Waals surface area contributed by atoms with E-state index in [0.717, 1.165) is 40.5 Å². The van der Waals surface area contributed by atoms with Gasteiger partial charge in [-0.1, -0.05) is 11.6 Å². The standard InChI is InChI=1S/C13H11ClINOS/c14-9-3-7-1-2-17-13(7)10(5-9)12(16)8-4-11(15)18-6-8/h3-6,12H,1-2,16H2. The number of halogens is 2. The van der Waals surface area contributed by atoms with Crippen LogP contribution >= 0.6 is 45.5 Å². The molecule has 5 heteroatoms. The van der Waals surface area contributed by atoms with E-state index in [0.29, 0.717) is 0 Å². The fourth-order valence-electron chi connectivity index (χ4n) is 2.20. The highest BCUT2D eigenvalue weighted by atomic mass is 127. The van der Waals surface area contributed by atoms with Crippen LogP contribution in [0.4, 0.5) is 0 Å². The molecule has 0 aliphatic carbocycles.